The highest BCUT2D eigenvalue weighted by molar-refractivity contribution is 7.86. The Balaban J connectivity index is 1.42. The molecule has 0 aliphatic rings. The number of para-hydroxylation sites is 1. The van der Waals surface area contributed by atoms with Gasteiger partial charge in [-0.05, 0) is 40.5 Å². The maximum absolute atomic E-state index is 13.0. The molecule has 204 valence electrons. The highest BCUT2D eigenvalue weighted by atomic mass is 32.2. The second-order valence-corrected chi connectivity index (χ2v) is 10.6. The average molecular weight is 558 g/mol. The molecule has 40 heavy (non-hydrogen) atoms. The molecular weight excluding hydrogens is 530 g/mol. The van der Waals surface area contributed by atoms with Crippen molar-refractivity contribution in [3.05, 3.63) is 131 Å². The van der Waals surface area contributed by atoms with Crippen LogP contribution in [0.2, 0.25) is 0 Å². The second-order valence-electron chi connectivity index (χ2n) is 9.08. The fourth-order valence-electron chi connectivity index (χ4n) is 4.17. The molecular formula is C31H27NO7S. The lowest BCUT2D eigenvalue weighted by atomic mass is 10.0. The number of anilines is 1. The van der Waals surface area contributed by atoms with Gasteiger partial charge in [0.25, 0.3) is 16.0 Å². The Morgan fingerprint density at radius 3 is 2.08 bits per heavy atom. The third-order valence-electron chi connectivity index (χ3n) is 6.09. The van der Waals surface area contributed by atoms with E-state index in [1.165, 1.54) is 24.3 Å². The first-order valence-electron chi connectivity index (χ1n) is 12.4. The van der Waals surface area contributed by atoms with Crippen molar-refractivity contribution in [1.29, 1.82) is 0 Å². The molecule has 0 spiro atoms. The van der Waals surface area contributed by atoms with E-state index in [0.29, 0.717) is 23.5 Å². The average Bonchev–Trinajstić information content (AvgIpc) is 2.93. The minimum Gasteiger partial charge on any atom is -0.489 e. The molecule has 0 fully saturated rings. The Kier molecular flexibility index (Phi) is 9.21. The standard InChI is InChI=1S/C31H27NO7S/c33-28(30(40(36,37)38)24-13-5-2-6-14-24)20-25-15-7-8-17-27(25)32-31(35)29(34)19-23-12-9-16-26(18-23)39-21-22-10-3-1-4-11-22/h1-18,30H,19-21H2,(H,32,35)(H,36,37,38). The van der Waals surface area contributed by atoms with Crippen molar-refractivity contribution in [3.63, 3.8) is 0 Å². The van der Waals surface area contributed by atoms with Gasteiger partial charge in [0.1, 0.15) is 12.4 Å². The molecule has 0 bridgehead atoms. The number of Topliss-reactive ketones (excluding diaryl/α,β-unsaturated/α-hetero) is 2. The monoisotopic (exact) mass is 557 g/mol. The molecule has 1 atom stereocenters. The Morgan fingerprint density at radius 1 is 0.750 bits per heavy atom. The van der Waals surface area contributed by atoms with Crippen LogP contribution in [0.15, 0.2) is 109 Å². The van der Waals surface area contributed by atoms with Crippen molar-refractivity contribution >= 4 is 33.3 Å². The van der Waals surface area contributed by atoms with Gasteiger partial charge in [-0.2, -0.15) is 8.42 Å². The van der Waals surface area contributed by atoms with Gasteiger partial charge in [-0.3, -0.25) is 18.9 Å². The van der Waals surface area contributed by atoms with Gasteiger partial charge >= 0.3 is 0 Å². The molecule has 0 saturated heterocycles. The van der Waals surface area contributed by atoms with Crippen LogP contribution in [0, 0.1) is 0 Å². The number of hydrogen-bond acceptors (Lipinski definition) is 6. The van der Waals surface area contributed by atoms with Gasteiger partial charge in [0.15, 0.2) is 11.0 Å². The summed E-state index contributed by atoms with van der Waals surface area (Å²) in [6.07, 6.45) is -0.570. The smallest absolute Gasteiger partial charge is 0.292 e. The normalized spacial score (nSPS) is 11.8. The van der Waals surface area contributed by atoms with Crippen LogP contribution in [0.1, 0.15) is 27.5 Å². The van der Waals surface area contributed by atoms with Crippen molar-refractivity contribution in [2.75, 3.05) is 5.32 Å². The van der Waals surface area contributed by atoms with Crippen LogP contribution >= 0.6 is 0 Å². The highest BCUT2D eigenvalue weighted by Gasteiger charge is 2.33. The minimum atomic E-state index is -4.75. The van der Waals surface area contributed by atoms with E-state index in [-0.39, 0.29) is 17.7 Å². The zero-order chi connectivity index (χ0) is 28.5. The van der Waals surface area contributed by atoms with Gasteiger partial charge in [-0.1, -0.05) is 91.0 Å². The summed E-state index contributed by atoms with van der Waals surface area (Å²) in [4.78, 5) is 38.5. The van der Waals surface area contributed by atoms with Gasteiger partial charge in [-0.25, -0.2) is 0 Å². The lowest BCUT2D eigenvalue weighted by Crippen LogP contribution is -2.26. The lowest BCUT2D eigenvalue weighted by molar-refractivity contribution is -0.134. The van der Waals surface area contributed by atoms with E-state index in [2.05, 4.69) is 5.32 Å². The van der Waals surface area contributed by atoms with E-state index in [4.69, 9.17) is 4.74 Å². The number of rotatable bonds is 12. The Hall–Kier alpha value is -4.60. The number of carbonyl (C=O) groups excluding carboxylic acids is 3. The number of ketones is 2. The summed E-state index contributed by atoms with van der Waals surface area (Å²) in [5.41, 5.74) is 2.20. The summed E-state index contributed by atoms with van der Waals surface area (Å²) in [6.45, 7) is 0.358. The van der Waals surface area contributed by atoms with E-state index >= 15 is 0 Å². The first-order valence-corrected chi connectivity index (χ1v) is 13.9. The number of ether oxygens (including phenoxy) is 1. The summed E-state index contributed by atoms with van der Waals surface area (Å²) in [7, 11) is -4.75. The predicted molar refractivity (Wildman–Crippen MR) is 150 cm³/mol. The summed E-state index contributed by atoms with van der Waals surface area (Å²) >= 11 is 0. The Morgan fingerprint density at radius 2 is 1.38 bits per heavy atom. The molecule has 1 amide bonds. The van der Waals surface area contributed by atoms with Gasteiger partial charge in [-0.15, -0.1) is 0 Å². The summed E-state index contributed by atoms with van der Waals surface area (Å²) in [5, 5.41) is 0.749. The molecule has 4 aromatic rings. The summed E-state index contributed by atoms with van der Waals surface area (Å²) in [6, 6.07) is 30.5. The maximum Gasteiger partial charge on any atom is 0.292 e. The lowest BCUT2D eigenvalue weighted by Gasteiger charge is -2.15. The molecule has 9 heteroatoms. The number of benzene rings is 4. The van der Waals surface area contributed by atoms with Gasteiger partial charge < -0.3 is 10.1 Å². The Labute approximate surface area is 232 Å². The van der Waals surface area contributed by atoms with Crippen molar-refractivity contribution in [2.24, 2.45) is 0 Å². The van der Waals surface area contributed by atoms with Crippen molar-refractivity contribution in [2.45, 2.75) is 24.7 Å². The van der Waals surface area contributed by atoms with E-state index < -0.39 is 39.3 Å². The number of nitrogens with one attached hydrogen (secondary N) is 1. The Bertz CT molecular complexity index is 1600. The highest BCUT2D eigenvalue weighted by Crippen LogP contribution is 2.26. The van der Waals surface area contributed by atoms with Crippen LogP contribution in [0.3, 0.4) is 0 Å². The van der Waals surface area contributed by atoms with Crippen molar-refractivity contribution in [3.8, 4) is 5.75 Å². The zero-order valence-electron chi connectivity index (χ0n) is 21.4. The van der Waals surface area contributed by atoms with Crippen LogP contribution in [-0.2, 0) is 44.0 Å². The molecule has 4 aromatic carbocycles. The fourth-order valence-corrected chi connectivity index (χ4v) is 5.09. The minimum absolute atomic E-state index is 0.127. The van der Waals surface area contributed by atoms with Gasteiger partial charge in [0.2, 0.25) is 5.78 Å². The zero-order valence-corrected chi connectivity index (χ0v) is 22.2. The third kappa shape index (κ3) is 7.72. The third-order valence-corrected chi connectivity index (χ3v) is 7.22. The topological polar surface area (TPSA) is 127 Å². The maximum atomic E-state index is 13.0. The molecule has 0 radical (unpaired) electrons. The second kappa shape index (κ2) is 13.0. The molecule has 0 heterocycles. The predicted octanol–water partition coefficient (Wildman–Crippen LogP) is 4.76. The van der Waals surface area contributed by atoms with Crippen molar-refractivity contribution in [1.82, 2.24) is 0 Å². The molecule has 0 aliphatic heterocycles. The number of carbonyl (C=O) groups is 3. The molecule has 8 nitrogen and oxygen atoms in total. The van der Waals surface area contributed by atoms with Gasteiger partial charge in [0, 0.05) is 18.5 Å². The molecule has 1 unspecified atom stereocenters. The number of hydrogen-bond donors (Lipinski definition) is 2. The quantitative estimate of drug-likeness (QED) is 0.190. The van der Waals surface area contributed by atoms with E-state index in [1.807, 2.05) is 30.3 Å². The molecule has 4 rings (SSSR count). The van der Waals surface area contributed by atoms with Crippen LogP contribution in [0.4, 0.5) is 5.69 Å². The summed E-state index contributed by atoms with van der Waals surface area (Å²) in [5.74, 6) is -1.81. The molecule has 2 N–H and O–H groups in total. The van der Waals surface area contributed by atoms with Crippen molar-refractivity contribution < 1.29 is 32.1 Å². The largest absolute Gasteiger partial charge is 0.489 e. The van der Waals surface area contributed by atoms with E-state index in [0.717, 1.165) is 5.56 Å². The van der Waals surface area contributed by atoms with Crippen LogP contribution < -0.4 is 10.1 Å². The fraction of sp³-hybridized carbons (Fsp3) is 0.129. The first-order chi connectivity index (χ1) is 19.2. The van der Waals surface area contributed by atoms with E-state index in [1.54, 1.807) is 54.6 Å². The van der Waals surface area contributed by atoms with Gasteiger partial charge in [0.05, 0.1) is 0 Å². The summed E-state index contributed by atoms with van der Waals surface area (Å²) < 4.78 is 39.6. The molecule has 0 aliphatic carbocycles. The first kappa shape index (κ1) is 28.4. The number of amides is 1. The molecule has 0 aromatic heterocycles. The van der Waals surface area contributed by atoms with Crippen LogP contribution in [-0.4, -0.2) is 30.4 Å². The SMILES string of the molecule is O=C(Cc1cccc(OCc2ccccc2)c1)C(=O)Nc1ccccc1CC(=O)C(c1ccccc1)S(=O)(=O)O. The van der Waals surface area contributed by atoms with E-state index in [9.17, 15) is 27.4 Å². The van der Waals surface area contributed by atoms with Crippen LogP contribution in [0.25, 0.3) is 0 Å². The van der Waals surface area contributed by atoms with Crippen LogP contribution in [0.5, 0.6) is 5.75 Å². The molecule has 0 saturated carbocycles.